The van der Waals surface area contributed by atoms with Crippen molar-refractivity contribution < 1.29 is 19.2 Å². The van der Waals surface area contributed by atoms with E-state index >= 15 is 9.59 Å². The number of rotatable bonds is 62. The number of allylic oxidation sites excluding steroid dienone is 6. The second-order valence-electron chi connectivity index (χ2n) is 38.8. The number of hydrogen-bond donors (Lipinski definition) is 0. The van der Waals surface area contributed by atoms with Crippen LogP contribution >= 0.6 is 79.7 Å². The van der Waals surface area contributed by atoms with Gasteiger partial charge in [-0.25, -0.2) is 20.2 Å². The van der Waals surface area contributed by atoms with Gasteiger partial charge in [-0.05, 0) is 157 Å². The molecular weight excluding hydrogens is 1790 g/mol. The summed E-state index contributed by atoms with van der Waals surface area (Å²) in [5, 5.41) is 24.5. The molecule has 14 rings (SSSR count). The minimum absolute atomic E-state index is 0.116. The lowest BCUT2D eigenvalue weighted by molar-refractivity contribution is 0.103. The third-order valence-corrected chi connectivity index (χ3v) is 36.6. The van der Waals surface area contributed by atoms with Gasteiger partial charge in [-0.3, -0.25) is 19.2 Å². The Hall–Kier alpha value is -8.60. The first-order chi connectivity index (χ1) is 66.4. The van der Waals surface area contributed by atoms with Crippen molar-refractivity contribution in [1.82, 2.24) is 17.9 Å². The molecule has 0 amide bonds. The first-order valence-corrected chi connectivity index (χ1v) is 58.1. The second kappa shape index (κ2) is 52.4. The largest absolute Gasteiger partial charge is 0.337 e. The van der Waals surface area contributed by atoms with E-state index in [2.05, 4.69) is 84.7 Å². The molecule has 0 saturated carbocycles. The molecule has 0 fully saturated rings. The van der Waals surface area contributed by atoms with E-state index in [9.17, 15) is 20.1 Å². The van der Waals surface area contributed by atoms with Crippen LogP contribution in [-0.2, 0) is 25.9 Å². The summed E-state index contributed by atoms with van der Waals surface area (Å²) in [6.07, 6.45) is 68.1. The number of hydrogen-bond acceptors (Lipinski definition) is 15. The summed E-state index contributed by atoms with van der Waals surface area (Å²) in [6.45, 7) is 32.7. The molecule has 12 nitrogen and oxygen atoms in total. The number of aryl methyl sites for hydroxylation is 2. The van der Waals surface area contributed by atoms with Crippen molar-refractivity contribution in [3.63, 3.8) is 0 Å². The molecule has 2 aliphatic carbocycles. The molecule has 2 aliphatic rings. The van der Waals surface area contributed by atoms with Crippen molar-refractivity contribution in [3.05, 3.63) is 159 Å². The Morgan fingerprint density at radius 3 is 0.978 bits per heavy atom. The Balaban J connectivity index is 1.04. The fraction of sp³-hybridized carbons (Fsp3) is 0.534. The topological polar surface area (TPSA) is 160 Å². The number of aldehydes is 2. The molecule has 135 heavy (non-hydrogen) atoms. The number of fused-ring (bicyclic) bond motifs is 16. The lowest BCUT2D eigenvalue weighted by atomic mass is 9.93. The Kier molecular flexibility index (Phi) is 39.7. The van der Waals surface area contributed by atoms with Crippen LogP contribution in [0.25, 0.3) is 126 Å². The van der Waals surface area contributed by atoms with Gasteiger partial charge in [0.1, 0.15) is 11.0 Å². The van der Waals surface area contributed by atoms with Crippen LogP contribution in [-0.4, -0.2) is 42.0 Å². The van der Waals surface area contributed by atoms with Crippen molar-refractivity contribution >= 4 is 199 Å². The van der Waals surface area contributed by atoms with Gasteiger partial charge in [-0.2, -0.15) is 8.75 Å². The van der Waals surface area contributed by atoms with E-state index < -0.39 is 0 Å². The lowest BCUT2D eigenvalue weighted by Gasteiger charge is -2.22. The third-order valence-electron chi connectivity index (χ3n) is 28.9. The maximum absolute atomic E-state index is 15.7. The quantitative estimate of drug-likeness (QED) is 0.0120. The van der Waals surface area contributed by atoms with Crippen molar-refractivity contribution in [3.8, 4) is 33.0 Å². The summed E-state index contributed by atoms with van der Waals surface area (Å²) in [6, 6.07) is 23.5. The highest BCUT2D eigenvalue weighted by atomic mass is 32.1. The summed E-state index contributed by atoms with van der Waals surface area (Å²) in [4.78, 5) is 68.3. The number of Topliss-reactive ketones (excluding diaryl/α,β-unsaturated/α-hetero) is 2. The van der Waals surface area contributed by atoms with Gasteiger partial charge in [0.2, 0.25) is 0 Å². The van der Waals surface area contributed by atoms with Crippen molar-refractivity contribution in [2.24, 2.45) is 11.8 Å². The fourth-order valence-electron chi connectivity index (χ4n) is 21.5. The van der Waals surface area contributed by atoms with E-state index in [1.54, 1.807) is 22.7 Å². The maximum atomic E-state index is 15.7. The number of aromatic nitrogens is 4. The number of benzene rings is 3. The van der Waals surface area contributed by atoms with E-state index in [1.807, 2.05) is 83.3 Å². The van der Waals surface area contributed by atoms with Gasteiger partial charge in [-0.1, -0.05) is 336 Å². The third kappa shape index (κ3) is 24.5. The number of carbonyl (C=O) groups excluding carboxylic acids is 4. The summed E-state index contributed by atoms with van der Waals surface area (Å²) >= 11 is 11.5. The molecule has 0 radical (unpaired) electrons. The molecule has 0 saturated heterocycles. The van der Waals surface area contributed by atoms with Crippen LogP contribution < -0.4 is 0 Å². The first-order valence-electron chi connectivity index (χ1n) is 52.4. The van der Waals surface area contributed by atoms with Crippen molar-refractivity contribution in [2.45, 2.75) is 389 Å². The standard InChI is InChI=1S/C116H142N8O4S7/c1-9-15-21-27-33-37-41-47-53-59-87-97(71-91-99(93(73-117)119-7)89-69-81(61-65-85(89)109(91)127)95-67-63-83(77-125)129-95)131-115-107-113(133-111(87)115)101-103-104(122-135-121-103)102-106(105(101)123(107)75-79(55-49-43-31-25-19-13-5)57-51-45-39-35-29-23-17-11-3)124(76-80(56-50-44-32-26-20-14-6)58-52-46-40-36-30-24-18-12-4)108-114(102)134-112-88(60-54-48-42-38-34-28-22-16-10-2)98(132-116(108)112)72-92-100(94(74-118)120-8)90-70-82(62-66-86(90)110(92)128)96-68-64-84(78-126)130-96/h61-72,77-80H,9-60,75-76H2,1-6H3/b91-71-,92-72-,99-93+,100-94+. The average molecular weight is 1940 g/mol. The van der Waals surface area contributed by atoms with Crippen molar-refractivity contribution in [2.75, 3.05) is 0 Å². The van der Waals surface area contributed by atoms with E-state index in [4.69, 9.17) is 21.9 Å². The molecule has 12 aromatic rings. The zero-order chi connectivity index (χ0) is 94.4. The van der Waals surface area contributed by atoms with Gasteiger partial charge in [0.05, 0.1) is 97.0 Å². The monoisotopic (exact) mass is 1930 g/mol. The highest BCUT2D eigenvalue weighted by Crippen LogP contribution is 2.57. The normalized spacial score (nSPS) is 14.6. The maximum Gasteiger partial charge on any atom is 0.270 e. The molecular formula is C116H142N8O4S7. The predicted molar refractivity (Wildman–Crippen MR) is 582 cm³/mol. The molecule has 19 heteroatoms. The van der Waals surface area contributed by atoms with E-state index in [-0.39, 0.29) is 23.0 Å². The zero-order valence-corrected chi connectivity index (χ0v) is 87.2. The molecule has 0 N–H and O–H groups in total. The number of thiophene rings is 6. The number of unbranched alkanes of at least 4 members (excludes halogenated alkanes) is 40. The molecule has 3 aromatic carbocycles. The lowest BCUT2D eigenvalue weighted by Crippen LogP contribution is -2.14. The summed E-state index contributed by atoms with van der Waals surface area (Å²) in [5.74, 6) is 0.322. The van der Waals surface area contributed by atoms with Gasteiger partial charge in [0.15, 0.2) is 24.1 Å². The summed E-state index contributed by atoms with van der Waals surface area (Å²) in [5.41, 5.74) is 14.3. The minimum atomic E-state index is -0.197. The Labute approximate surface area is 832 Å². The number of carbonyl (C=O) groups is 4. The van der Waals surface area contributed by atoms with Crippen LogP contribution in [0.4, 0.5) is 0 Å². The van der Waals surface area contributed by atoms with E-state index in [0.29, 0.717) is 66.1 Å². The Morgan fingerprint density at radius 2 is 0.681 bits per heavy atom. The molecule has 0 aliphatic heterocycles. The number of nitrogens with zero attached hydrogens (tertiary/aromatic N) is 8. The summed E-state index contributed by atoms with van der Waals surface area (Å²) < 4.78 is 24.3. The molecule has 9 aromatic heterocycles. The molecule has 0 bridgehead atoms. The average Bonchev–Trinajstić information content (AvgIpc) is 1.50. The number of nitriles is 2. The zero-order valence-electron chi connectivity index (χ0n) is 81.5. The highest BCUT2D eigenvalue weighted by molar-refractivity contribution is 7.35. The fourth-order valence-corrected chi connectivity index (χ4v) is 29.6. The molecule has 2 unspecified atom stereocenters. The summed E-state index contributed by atoms with van der Waals surface area (Å²) in [7, 11) is 0. The SMILES string of the molecule is [C-]#[N+]/C(C#N)=C1/C(=C/c2sc3c(sc4c5c6nsnc6c6c7sc8c(CCCCCCCCCCC)c(/C=C9\C(=O)c%10ccc(-c%11ccc(C=O)s%11)cc%10\C9=C(\C#N)[N+]#[C-])sc8c7n(CC(CCCCCCCC)CCCCCCCCCC)c6c5n(CC(CCCCCCCC)CCCCCCCCCC)c34)c2CCCCCCCCCCC)C(=O)c2ccc(-c3ccc(C=O)s3)cc21. The molecule has 2 atom stereocenters. The van der Waals surface area contributed by atoms with Crippen LogP contribution in [0, 0.1) is 47.6 Å². The van der Waals surface area contributed by atoms with Gasteiger partial charge in [0, 0.05) is 76.8 Å². The molecule has 712 valence electrons. The Morgan fingerprint density at radius 1 is 0.370 bits per heavy atom. The molecule has 0 spiro atoms. The first kappa shape index (κ1) is 102. The Bertz CT molecular complexity index is 5980. The minimum Gasteiger partial charge on any atom is -0.337 e. The van der Waals surface area contributed by atoms with Crippen LogP contribution in [0.5, 0.6) is 0 Å². The van der Waals surface area contributed by atoms with Gasteiger partial charge in [0.25, 0.3) is 11.4 Å². The van der Waals surface area contributed by atoms with Crippen LogP contribution in [0.3, 0.4) is 0 Å². The predicted octanol–water partition coefficient (Wildman–Crippen LogP) is 38.4. The molecule has 9 heterocycles. The smallest absolute Gasteiger partial charge is 0.270 e. The van der Waals surface area contributed by atoms with Gasteiger partial charge in [-0.15, -0.1) is 68.0 Å². The van der Waals surface area contributed by atoms with Gasteiger partial charge < -0.3 is 9.13 Å². The van der Waals surface area contributed by atoms with Crippen LogP contribution in [0.15, 0.2) is 83.2 Å². The van der Waals surface area contributed by atoms with Crippen LogP contribution in [0.1, 0.15) is 435 Å². The highest BCUT2D eigenvalue weighted by Gasteiger charge is 2.39. The van der Waals surface area contributed by atoms with E-state index in [1.165, 1.54) is 363 Å². The van der Waals surface area contributed by atoms with Gasteiger partial charge >= 0.3 is 0 Å². The van der Waals surface area contributed by atoms with Crippen LogP contribution in [0.2, 0.25) is 0 Å². The van der Waals surface area contributed by atoms with Crippen molar-refractivity contribution in [1.29, 1.82) is 10.5 Å². The van der Waals surface area contributed by atoms with E-state index in [0.717, 1.165) is 144 Å². The number of ketones is 2. The second-order valence-corrected chi connectivity index (χ2v) is 45.7.